The quantitative estimate of drug-likeness (QED) is 0.146. The van der Waals surface area contributed by atoms with Gasteiger partial charge in [-0.3, -0.25) is 14.4 Å². The van der Waals surface area contributed by atoms with Crippen LogP contribution in [0.5, 0.6) is 17.2 Å². The lowest BCUT2D eigenvalue weighted by Gasteiger charge is -2.49. The number of anilines is 1. The maximum atomic E-state index is 14.6. The van der Waals surface area contributed by atoms with Crippen LogP contribution in [0.1, 0.15) is 40.8 Å². The number of ether oxygens (including phenoxy) is 2. The zero-order valence-corrected chi connectivity index (χ0v) is 32.3. The van der Waals surface area contributed by atoms with Crippen LogP contribution >= 0.6 is 23.2 Å². The third-order valence-electron chi connectivity index (χ3n) is 11.3. The summed E-state index contributed by atoms with van der Waals surface area (Å²) in [6.07, 6.45) is 1.26. The standard InChI is InChI=1S/C39H35Cl2FN6O8/c1-19-14-21(15-20(2)32(19)49)31-24-10-13-46-36(53)45(12-11-25-33(50)44(3)27-17-30(56-5)29(55-4)16-26(27)43-25)37(54)48(46)28(24)18-38(40)34(51)47(35(52)39(31,38)41)23-8-6-22(42)7-9-23/h6-10,14-17,28,31,49H,11-13,18H2,1-5H3. The second-order valence-corrected chi connectivity index (χ2v) is 15.5. The Balaban J connectivity index is 1.24. The van der Waals surface area contributed by atoms with Gasteiger partial charge in [-0.25, -0.2) is 37.8 Å². The highest BCUT2D eigenvalue weighted by Gasteiger charge is 2.75. The monoisotopic (exact) mass is 804 g/mol. The van der Waals surface area contributed by atoms with E-state index in [0.29, 0.717) is 44.8 Å². The first-order chi connectivity index (χ1) is 26.6. The molecule has 8 rings (SSSR count). The third-order valence-corrected chi connectivity index (χ3v) is 12.7. The van der Waals surface area contributed by atoms with Crippen LogP contribution in [0.3, 0.4) is 0 Å². The van der Waals surface area contributed by atoms with Crippen molar-refractivity contribution < 1.29 is 28.6 Å². The van der Waals surface area contributed by atoms with E-state index < -0.39 is 56.3 Å². The lowest BCUT2D eigenvalue weighted by molar-refractivity contribution is -0.122. The molecule has 4 unspecified atom stereocenters. The predicted octanol–water partition coefficient (Wildman–Crippen LogP) is 3.98. The number of hydrogen-bond donors (Lipinski definition) is 1. The number of phenolic OH excluding ortho intramolecular Hbond substituents is 1. The van der Waals surface area contributed by atoms with Gasteiger partial charge in [0.25, 0.3) is 17.4 Å². The van der Waals surface area contributed by atoms with Crippen molar-refractivity contribution in [1.82, 2.24) is 23.5 Å². The van der Waals surface area contributed by atoms with Gasteiger partial charge in [-0.2, -0.15) is 0 Å². The molecule has 2 amide bonds. The third kappa shape index (κ3) is 5.06. The van der Waals surface area contributed by atoms with Crippen LogP contribution < -0.4 is 31.3 Å². The Bertz CT molecular complexity index is 2730. The predicted molar refractivity (Wildman–Crippen MR) is 205 cm³/mol. The van der Waals surface area contributed by atoms with Gasteiger partial charge in [0.05, 0.1) is 43.5 Å². The van der Waals surface area contributed by atoms with Crippen molar-refractivity contribution >= 4 is 51.7 Å². The number of carbonyl (C=O) groups is 2. The number of aromatic nitrogens is 5. The van der Waals surface area contributed by atoms with Crippen molar-refractivity contribution in [2.75, 3.05) is 19.1 Å². The smallest absolute Gasteiger partial charge is 0.347 e. The summed E-state index contributed by atoms with van der Waals surface area (Å²) in [7, 11) is 4.53. The summed E-state index contributed by atoms with van der Waals surface area (Å²) in [6.45, 7) is 3.05. The number of imide groups is 1. The minimum atomic E-state index is -2.17. The average Bonchev–Trinajstić information content (AvgIpc) is 3.51. The lowest BCUT2D eigenvalue weighted by Crippen LogP contribution is -2.59. The summed E-state index contributed by atoms with van der Waals surface area (Å²) in [5.74, 6) is -2.59. The topological polar surface area (TPSA) is 160 Å². The van der Waals surface area contributed by atoms with Crippen LogP contribution in [0, 0.1) is 19.7 Å². The Hall–Kier alpha value is -5.67. The van der Waals surface area contributed by atoms with Gasteiger partial charge in [0, 0.05) is 44.5 Å². The van der Waals surface area contributed by atoms with Gasteiger partial charge in [0.1, 0.15) is 17.3 Å². The highest BCUT2D eigenvalue weighted by Crippen LogP contribution is 2.64. The summed E-state index contributed by atoms with van der Waals surface area (Å²) in [6, 6.07) is 10.3. The summed E-state index contributed by atoms with van der Waals surface area (Å²) in [5.41, 5.74) is 1.10. The van der Waals surface area contributed by atoms with Gasteiger partial charge in [-0.1, -0.05) is 18.2 Å². The fourth-order valence-electron chi connectivity index (χ4n) is 8.52. The highest BCUT2D eigenvalue weighted by molar-refractivity contribution is 6.58. The Morgan fingerprint density at radius 3 is 2.21 bits per heavy atom. The number of aromatic hydroxyl groups is 1. The molecule has 290 valence electrons. The molecule has 0 spiro atoms. The summed E-state index contributed by atoms with van der Waals surface area (Å²) < 4.78 is 29.6. The van der Waals surface area contributed by atoms with Gasteiger partial charge >= 0.3 is 11.4 Å². The second-order valence-electron chi connectivity index (χ2n) is 14.3. The largest absolute Gasteiger partial charge is 0.507 e. The number of fused-ring (bicyclic) bond motifs is 5. The molecule has 2 aliphatic heterocycles. The Kier molecular flexibility index (Phi) is 8.62. The molecule has 1 saturated heterocycles. The van der Waals surface area contributed by atoms with E-state index in [1.54, 1.807) is 51.2 Å². The zero-order chi connectivity index (χ0) is 40.2. The number of phenols is 1. The van der Waals surface area contributed by atoms with E-state index in [1.807, 2.05) is 0 Å². The van der Waals surface area contributed by atoms with Crippen LogP contribution in [0.2, 0.25) is 0 Å². The molecule has 17 heteroatoms. The maximum Gasteiger partial charge on any atom is 0.347 e. The number of allylic oxidation sites excluding steroid dienone is 2. The van der Waals surface area contributed by atoms with Gasteiger partial charge in [-0.15, -0.1) is 23.2 Å². The zero-order valence-electron chi connectivity index (χ0n) is 30.8. The average molecular weight is 806 g/mol. The molecule has 5 aromatic rings. The molecule has 3 aromatic carbocycles. The van der Waals surface area contributed by atoms with Gasteiger partial charge in [-0.05, 0) is 60.4 Å². The number of hydrogen-bond acceptors (Lipinski definition) is 9. The van der Waals surface area contributed by atoms with E-state index in [2.05, 4.69) is 4.98 Å². The fourth-order valence-corrected chi connectivity index (χ4v) is 9.43. The number of methoxy groups -OCH3 is 2. The molecule has 4 atom stereocenters. The molecular formula is C39H35Cl2FN6O8. The fraction of sp³-hybridized carbons (Fsp3) is 0.333. The number of alkyl halides is 2. The van der Waals surface area contributed by atoms with Gasteiger partial charge in [0.15, 0.2) is 21.2 Å². The Morgan fingerprint density at radius 1 is 0.929 bits per heavy atom. The molecule has 4 heterocycles. The molecule has 2 aromatic heterocycles. The molecule has 14 nitrogen and oxygen atoms in total. The number of amides is 2. The maximum absolute atomic E-state index is 14.6. The molecule has 1 saturated carbocycles. The van der Waals surface area contributed by atoms with Crippen molar-refractivity contribution in [3.05, 3.63) is 120 Å². The van der Waals surface area contributed by atoms with Crippen LogP contribution in [-0.4, -0.2) is 64.4 Å². The number of halogens is 3. The van der Waals surface area contributed by atoms with Crippen LogP contribution in [0.25, 0.3) is 11.0 Å². The molecular weight excluding hydrogens is 770 g/mol. The van der Waals surface area contributed by atoms with E-state index in [9.17, 15) is 33.5 Å². The number of carbonyl (C=O) groups excluding carboxylic acids is 2. The molecule has 0 radical (unpaired) electrons. The molecule has 0 bridgehead atoms. The van der Waals surface area contributed by atoms with Gasteiger partial charge in [0.2, 0.25) is 0 Å². The molecule has 2 fully saturated rings. The SMILES string of the molecule is COc1cc2nc(CCn3c(=O)n4n(c3=O)C3CC5(Cl)C(=O)N(c6ccc(F)cc6)C(=O)C5(Cl)C(c5cc(C)c(O)c(C)c5)C3=CC4)c(=O)n(C)c2cc1OC. The minimum Gasteiger partial charge on any atom is -0.507 e. The van der Waals surface area contributed by atoms with E-state index in [1.165, 1.54) is 40.3 Å². The van der Waals surface area contributed by atoms with Crippen LogP contribution in [-0.2, 0) is 36.1 Å². The highest BCUT2D eigenvalue weighted by atomic mass is 35.5. The first-order valence-electron chi connectivity index (χ1n) is 17.6. The summed E-state index contributed by atoms with van der Waals surface area (Å²) in [5, 5.41) is 10.7. The Labute approximate surface area is 327 Å². The first kappa shape index (κ1) is 37.3. The van der Waals surface area contributed by atoms with E-state index in [-0.39, 0.29) is 43.1 Å². The van der Waals surface area contributed by atoms with Crippen molar-refractivity contribution in [2.45, 2.75) is 61.5 Å². The number of aryl methyl sites for hydroxylation is 4. The normalized spacial score (nSPS) is 22.9. The van der Waals surface area contributed by atoms with Gasteiger partial charge < -0.3 is 19.1 Å². The van der Waals surface area contributed by atoms with Crippen molar-refractivity contribution in [1.29, 1.82) is 0 Å². The molecule has 56 heavy (non-hydrogen) atoms. The minimum absolute atomic E-state index is 0.0259. The second kappa shape index (κ2) is 12.9. The lowest BCUT2D eigenvalue weighted by atomic mass is 9.64. The van der Waals surface area contributed by atoms with Crippen LogP contribution in [0.15, 0.2) is 74.6 Å². The number of benzene rings is 3. The number of nitrogens with zero attached hydrogens (tertiary/aromatic N) is 6. The Morgan fingerprint density at radius 2 is 1.57 bits per heavy atom. The van der Waals surface area contributed by atoms with E-state index in [4.69, 9.17) is 32.7 Å². The van der Waals surface area contributed by atoms with E-state index >= 15 is 0 Å². The van der Waals surface area contributed by atoms with Crippen molar-refractivity contribution in [3.8, 4) is 17.2 Å². The van der Waals surface area contributed by atoms with E-state index in [0.717, 1.165) is 21.6 Å². The van der Waals surface area contributed by atoms with Crippen LogP contribution in [0.4, 0.5) is 10.1 Å². The summed E-state index contributed by atoms with van der Waals surface area (Å²) in [4.78, 5) is 72.0. The number of rotatable bonds is 7. The molecule has 1 aliphatic carbocycles. The first-order valence-corrected chi connectivity index (χ1v) is 18.4. The van der Waals surface area contributed by atoms with Crippen molar-refractivity contribution in [2.24, 2.45) is 7.05 Å². The molecule has 3 aliphatic rings. The molecule has 1 N–H and O–H groups in total. The van der Waals surface area contributed by atoms with Crippen molar-refractivity contribution in [3.63, 3.8) is 0 Å². The summed E-state index contributed by atoms with van der Waals surface area (Å²) >= 11 is 14.9.